The van der Waals surface area contributed by atoms with Gasteiger partial charge in [0.1, 0.15) is 0 Å². The van der Waals surface area contributed by atoms with Crippen LogP contribution in [0.25, 0.3) is 45.6 Å². The second kappa shape index (κ2) is 7.48. The number of rotatable bonds is 4. The van der Waals surface area contributed by atoms with Crippen molar-refractivity contribution in [3.8, 4) is 45.6 Å². The van der Waals surface area contributed by atoms with E-state index >= 15 is 0 Å². The SMILES string of the molecule is Cc1ccc(-c2ncc(-c3ccccc3)o2)c(-c2ncc(-c3ccccc3)o2)c1C. The summed E-state index contributed by atoms with van der Waals surface area (Å²) in [5.74, 6) is 2.57. The number of aryl methyl sites for hydroxylation is 1. The monoisotopic (exact) mass is 392 g/mol. The fourth-order valence-corrected chi connectivity index (χ4v) is 3.53. The maximum Gasteiger partial charge on any atom is 0.227 e. The van der Waals surface area contributed by atoms with Gasteiger partial charge in [-0.3, -0.25) is 0 Å². The van der Waals surface area contributed by atoms with Gasteiger partial charge in [0, 0.05) is 11.1 Å². The maximum absolute atomic E-state index is 6.16. The molecule has 30 heavy (non-hydrogen) atoms. The third-order valence-corrected chi connectivity index (χ3v) is 5.31. The van der Waals surface area contributed by atoms with Crippen LogP contribution in [-0.2, 0) is 0 Å². The average molecular weight is 392 g/mol. The van der Waals surface area contributed by atoms with Crippen LogP contribution in [0.1, 0.15) is 11.1 Å². The van der Waals surface area contributed by atoms with E-state index in [1.807, 2.05) is 66.7 Å². The summed E-state index contributed by atoms with van der Waals surface area (Å²) in [5.41, 5.74) is 5.99. The predicted octanol–water partition coefficient (Wildman–Crippen LogP) is 6.95. The highest BCUT2D eigenvalue weighted by Crippen LogP contribution is 2.38. The topological polar surface area (TPSA) is 52.1 Å². The van der Waals surface area contributed by atoms with Crippen molar-refractivity contribution in [3.05, 3.63) is 96.3 Å². The van der Waals surface area contributed by atoms with Crippen LogP contribution in [0, 0.1) is 13.8 Å². The largest absolute Gasteiger partial charge is 0.436 e. The van der Waals surface area contributed by atoms with Gasteiger partial charge in [0.25, 0.3) is 0 Å². The summed E-state index contributed by atoms with van der Waals surface area (Å²) in [6.07, 6.45) is 3.52. The van der Waals surface area contributed by atoms with Gasteiger partial charge in [-0.15, -0.1) is 0 Å². The first-order chi connectivity index (χ1) is 14.7. The van der Waals surface area contributed by atoms with Crippen LogP contribution in [0.5, 0.6) is 0 Å². The van der Waals surface area contributed by atoms with Gasteiger partial charge in [-0.25, -0.2) is 9.97 Å². The second-order valence-electron chi connectivity index (χ2n) is 7.22. The highest BCUT2D eigenvalue weighted by Gasteiger charge is 2.20. The van der Waals surface area contributed by atoms with Crippen molar-refractivity contribution in [1.82, 2.24) is 9.97 Å². The molecule has 0 saturated heterocycles. The molecule has 3 aromatic carbocycles. The number of benzene rings is 3. The highest BCUT2D eigenvalue weighted by molar-refractivity contribution is 5.80. The molecule has 0 aliphatic carbocycles. The minimum atomic E-state index is 0.548. The summed E-state index contributed by atoms with van der Waals surface area (Å²) in [6, 6.07) is 24.0. The number of hydrogen-bond donors (Lipinski definition) is 0. The lowest BCUT2D eigenvalue weighted by molar-refractivity contribution is 0.580. The Kier molecular flexibility index (Phi) is 4.52. The van der Waals surface area contributed by atoms with Gasteiger partial charge in [-0.1, -0.05) is 66.7 Å². The molecule has 0 fully saturated rings. The molecule has 146 valence electrons. The zero-order chi connectivity index (χ0) is 20.5. The van der Waals surface area contributed by atoms with Crippen molar-refractivity contribution in [2.45, 2.75) is 13.8 Å². The van der Waals surface area contributed by atoms with Gasteiger partial charge in [0.2, 0.25) is 11.8 Å². The van der Waals surface area contributed by atoms with Crippen LogP contribution in [0.3, 0.4) is 0 Å². The average Bonchev–Trinajstić information content (AvgIpc) is 3.47. The van der Waals surface area contributed by atoms with E-state index in [1.165, 1.54) is 0 Å². The molecule has 0 aliphatic heterocycles. The first-order valence-corrected chi connectivity index (χ1v) is 9.84. The van der Waals surface area contributed by atoms with E-state index in [1.54, 1.807) is 12.4 Å². The fourth-order valence-electron chi connectivity index (χ4n) is 3.53. The number of hydrogen-bond acceptors (Lipinski definition) is 4. The molecular formula is C26H20N2O2. The Labute approximate surface area is 174 Å². The zero-order valence-corrected chi connectivity index (χ0v) is 16.8. The smallest absolute Gasteiger partial charge is 0.227 e. The Bertz CT molecular complexity index is 1300. The minimum Gasteiger partial charge on any atom is -0.436 e. The molecule has 0 radical (unpaired) electrons. The molecule has 0 saturated carbocycles. The summed E-state index contributed by atoms with van der Waals surface area (Å²) in [7, 11) is 0. The van der Waals surface area contributed by atoms with Crippen LogP contribution in [0.15, 0.2) is 94.0 Å². The summed E-state index contributed by atoms with van der Waals surface area (Å²) in [5, 5.41) is 0. The first kappa shape index (κ1) is 18.1. The molecule has 0 atom stereocenters. The van der Waals surface area contributed by atoms with E-state index in [9.17, 15) is 0 Å². The van der Waals surface area contributed by atoms with Crippen molar-refractivity contribution in [1.29, 1.82) is 0 Å². The van der Waals surface area contributed by atoms with Crippen LogP contribution < -0.4 is 0 Å². The van der Waals surface area contributed by atoms with Crippen LogP contribution in [-0.4, -0.2) is 9.97 Å². The zero-order valence-electron chi connectivity index (χ0n) is 16.8. The Morgan fingerprint density at radius 3 is 1.73 bits per heavy atom. The Hall–Kier alpha value is -3.92. The van der Waals surface area contributed by atoms with E-state index in [4.69, 9.17) is 8.83 Å². The lowest BCUT2D eigenvalue weighted by Gasteiger charge is -2.10. The van der Waals surface area contributed by atoms with Gasteiger partial charge in [-0.05, 0) is 31.0 Å². The fraction of sp³-hybridized carbons (Fsp3) is 0.0769. The number of aromatic nitrogens is 2. The van der Waals surface area contributed by atoms with Crippen LogP contribution in [0.4, 0.5) is 0 Å². The second-order valence-corrected chi connectivity index (χ2v) is 7.22. The minimum absolute atomic E-state index is 0.548. The summed E-state index contributed by atoms with van der Waals surface area (Å²) in [4.78, 5) is 9.13. The molecule has 0 aliphatic rings. The van der Waals surface area contributed by atoms with Gasteiger partial charge < -0.3 is 8.83 Å². The Morgan fingerprint density at radius 2 is 1.13 bits per heavy atom. The highest BCUT2D eigenvalue weighted by atomic mass is 16.4. The predicted molar refractivity (Wildman–Crippen MR) is 118 cm³/mol. The van der Waals surface area contributed by atoms with Crippen molar-refractivity contribution in [3.63, 3.8) is 0 Å². The molecule has 0 N–H and O–H groups in total. The lowest BCUT2D eigenvalue weighted by Crippen LogP contribution is -1.92. The molecule has 0 unspecified atom stereocenters. The van der Waals surface area contributed by atoms with Crippen molar-refractivity contribution in [2.75, 3.05) is 0 Å². The van der Waals surface area contributed by atoms with E-state index in [0.29, 0.717) is 11.8 Å². The van der Waals surface area contributed by atoms with Gasteiger partial charge in [0.05, 0.1) is 23.5 Å². The molecule has 2 heterocycles. The number of oxazole rings is 2. The van der Waals surface area contributed by atoms with Crippen molar-refractivity contribution >= 4 is 0 Å². The molecule has 0 amide bonds. The molecule has 4 nitrogen and oxygen atoms in total. The normalized spacial score (nSPS) is 11.0. The maximum atomic E-state index is 6.16. The molecule has 2 aromatic heterocycles. The van der Waals surface area contributed by atoms with E-state index in [-0.39, 0.29) is 0 Å². The third-order valence-electron chi connectivity index (χ3n) is 5.31. The molecule has 5 aromatic rings. The summed E-state index contributed by atoms with van der Waals surface area (Å²) in [6.45, 7) is 4.15. The molecule has 5 rings (SSSR count). The van der Waals surface area contributed by atoms with E-state index in [2.05, 4.69) is 29.9 Å². The summed E-state index contributed by atoms with van der Waals surface area (Å²) >= 11 is 0. The van der Waals surface area contributed by atoms with Gasteiger partial charge >= 0.3 is 0 Å². The van der Waals surface area contributed by atoms with E-state index < -0.39 is 0 Å². The Morgan fingerprint density at radius 1 is 0.600 bits per heavy atom. The van der Waals surface area contributed by atoms with Gasteiger partial charge in [0.15, 0.2) is 11.5 Å². The molecular weight excluding hydrogens is 372 g/mol. The van der Waals surface area contributed by atoms with Gasteiger partial charge in [-0.2, -0.15) is 0 Å². The molecule has 0 spiro atoms. The van der Waals surface area contributed by atoms with E-state index in [0.717, 1.165) is 44.9 Å². The standard InChI is InChI=1S/C26H20N2O2/c1-17-13-14-21(25-27-15-22(29-25)19-9-5-3-6-10-19)24(18(17)2)26-28-16-23(30-26)20-11-7-4-8-12-20/h3-16H,1-2H3. The van der Waals surface area contributed by atoms with Crippen molar-refractivity contribution < 1.29 is 8.83 Å². The van der Waals surface area contributed by atoms with Crippen LogP contribution in [0.2, 0.25) is 0 Å². The van der Waals surface area contributed by atoms with Crippen molar-refractivity contribution in [2.24, 2.45) is 0 Å². The summed E-state index contributed by atoms with van der Waals surface area (Å²) < 4.78 is 12.3. The van der Waals surface area contributed by atoms with Crippen LogP contribution >= 0.6 is 0 Å². The first-order valence-electron chi connectivity index (χ1n) is 9.84. The quantitative estimate of drug-likeness (QED) is 0.332. The lowest BCUT2D eigenvalue weighted by atomic mass is 9.97. The molecule has 4 heteroatoms. The third kappa shape index (κ3) is 3.22. The molecule has 0 bridgehead atoms. The number of nitrogens with zero attached hydrogens (tertiary/aromatic N) is 2. The Balaban J connectivity index is 1.62.